The number of amides is 1. The van der Waals surface area contributed by atoms with E-state index in [2.05, 4.69) is 0 Å². The predicted molar refractivity (Wildman–Crippen MR) is 102 cm³/mol. The number of carbonyl (C=O) groups excluding carboxylic acids is 2. The van der Waals surface area contributed by atoms with E-state index in [1.165, 1.54) is 0 Å². The molecule has 2 aliphatic heterocycles. The Hall–Kier alpha value is -2.53. The number of ether oxygens (including phenoxy) is 2. The molecule has 2 aromatic carbocycles. The minimum atomic E-state index is -0.0968. The van der Waals surface area contributed by atoms with Crippen LogP contribution in [0, 0.1) is 0 Å². The van der Waals surface area contributed by atoms with Crippen LogP contribution in [0.1, 0.15) is 41.1 Å². The Balaban J connectivity index is 1.33. The highest BCUT2D eigenvalue weighted by molar-refractivity contribution is 6.34. The maximum atomic E-state index is 12.5. The number of ketones is 1. The van der Waals surface area contributed by atoms with Gasteiger partial charge in [0, 0.05) is 37.4 Å². The molecule has 140 valence electrons. The van der Waals surface area contributed by atoms with Crippen LogP contribution in [0.5, 0.6) is 11.5 Å². The van der Waals surface area contributed by atoms with Gasteiger partial charge >= 0.3 is 0 Å². The van der Waals surface area contributed by atoms with Crippen LogP contribution in [0.3, 0.4) is 0 Å². The number of halogens is 1. The summed E-state index contributed by atoms with van der Waals surface area (Å²) < 4.78 is 10.8. The van der Waals surface area contributed by atoms with Crippen LogP contribution in [0.4, 0.5) is 0 Å². The largest absolute Gasteiger partial charge is 0.454 e. The highest BCUT2D eigenvalue weighted by Crippen LogP contribution is 2.37. The summed E-state index contributed by atoms with van der Waals surface area (Å²) in [5.74, 6) is 1.73. The summed E-state index contributed by atoms with van der Waals surface area (Å²) in [6.07, 6.45) is 1.29. The van der Waals surface area contributed by atoms with E-state index in [0.29, 0.717) is 23.7 Å². The van der Waals surface area contributed by atoms with Crippen molar-refractivity contribution in [3.05, 3.63) is 58.6 Å². The molecule has 0 N–H and O–H groups in total. The average Bonchev–Trinajstić information content (AvgIpc) is 3.35. The molecule has 0 spiro atoms. The molecule has 2 aliphatic rings. The van der Waals surface area contributed by atoms with E-state index in [-0.39, 0.29) is 37.2 Å². The SMILES string of the molecule is O=C(CCC(=O)N1CCC(c2ccc3c(c2)OCO3)C1)c1ccccc1Cl. The van der Waals surface area contributed by atoms with Gasteiger partial charge in [-0.05, 0) is 36.2 Å². The van der Waals surface area contributed by atoms with Gasteiger partial charge in [0.1, 0.15) is 0 Å². The van der Waals surface area contributed by atoms with Gasteiger partial charge in [0.05, 0.1) is 5.02 Å². The zero-order chi connectivity index (χ0) is 18.8. The fourth-order valence-electron chi connectivity index (χ4n) is 3.63. The van der Waals surface area contributed by atoms with Gasteiger partial charge in [-0.25, -0.2) is 0 Å². The first kappa shape index (κ1) is 17.9. The number of likely N-dealkylation sites (tertiary alicyclic amines) is 1. The third kappa shape index (κ3) is 3.78. The van der Waals surface area contributed by atoms with Crippen molar-refractivity contribution < 1.29 is 19.1 Å². The fourth-order valence-corrected chi connectivity index (χ4v) is 3.87. The maximum absolute atomic E-state index is 12.5. The molecule has 1 saturated heterocycles. The first-order chi connectivity index (χ1) is 13.1. The number of fused-ring (bicyclic) bond motifs is 1. The molecule has 4 rings (SSSR count). The van der Waals surface area contributed by atoms with Gasteiger partial charge in [0.25, 0.3) is 0 Å². The second-order valence-electron chi connectivity index (χ2n) is 6.84. The van der Waals surface area contributed by atoms with Crippen LogP contribution in [-0.4, -0.2) is 36.5 Å². The molecule has 1 amide bonds. The molecule has 5 nitrogen and oxygen atoms in total. The van der Waals surface area contributed by atoms with Crippen molar-refractivity contribution in [3.8, 4) is 11.5 Å². The third-order valence-electron chi connectivity index (χ3n) is 5.15. The van der Waals surface area contributed by atoms with Crippen LogP contribution in [-0.2, 0) is 4.79 Å². The van der Waals surface area contributed by atoms with Crippen LogP contribution >= 0.6 is 11.6 Å². The summed E-state index contributed by atoms with van der Waals surface area (Å²) in [4.78, 5) is 26.7. The van der Waals surface area contributed by atoms with Crippen LogP contribution in [0.25, 0.3) is 0 Å². The summed E-state index contributed by atoms with van der Waals surface area (Å²) in [5, 5.41) is 0.430. The van der Waals surface area contributed by atoms with Gasteiger partial charge in [0.15, 0.2) is 17.3 Å². The second kappa shape index (κ2) is 7.61. The first-order valence-electron chi connectivity index (χ1n) is 9.07. The van der Waals surface area contributed by atoms with E-state index < -0.39 is 0 Å². The lowest BCUT2D eigenvalue weighted by molar-refractivity contribution is -0.130. The number of rotatable bonds is 5. The Morgan fingerprint density at radius 2 is 1.89 bits per heavy atom. The van der Waals surface area contributed by atoms with Crippen LogP contribution < -0.4 is 9.47 Å². The lowest BCUT2D eigenvalue weighted by Gasteiger charge is -2.17. The number of hydrogen-bond acceptors (Lipinski definition) is 4. The minimum absolute atomic E-state index is 0.0126. The zero-order valence-corrected chi connectivity index (χ0v) is 15.6. The number of nitrogens with zero attached hydrogens (tertiary/aromatic N) is 1. The highest BCUT2D eigenvalue weighted by atomic mass is 35.5. The molecular formula is C21H20ClNO4. The van der Waals surface area contributed by atoms with Crippen LogP contribution in [0.2, 0.25) is 5.02 Å². The van der Waals surface area contributed by atoms with E-state index in [1.807, 2.05) is 23.1 Å². The summed E-state index contributed by atoms with van der Waals surface area (Å²) in [6, 6.07) is 12.9. The van der Waals surface area contributed by atoms with Gasteiger partial charge in [-0.2, -0.15) is 0 Å². The lowest BCUT2D eigenvalue weighted by atomic mass is 9.98. The molecular weight excluding hydrogens is 366 g/mol. The molecule has 1 unspecified atom stereocenters. The predicted octanol–water partition coefficient (Wildman–Crippen LogP) is 4.05. The van der Waals surface area contributed by atoms with Crippen molar-refractivity contribution >= 4 is 23.3 Å². The summed E-state index contributed by atoms with van der Waals surface area (Å²) in [7, 11) is 0. The Morgan fingerprint density at radius 3 is 2.74 bits per heavy atom. The third-order valence-corrected chi connectivity index (χ3v) is 5.48. The summed E-state index contributed by atoms with van der Waals surface area (Å²) >= 11 is 6.05. The number of carbonyl (C=O) groups is 2. The molecule has 0 aliphatic carbocycles. The highest BCUT2D eigenvalue weighted by Gasteiger charge is 2.28. The van der Waals surface area contributed by atoms with Crippen molar-refractivity contribution in [3.63, 3.8) is 0 Å². The number of hydrogen-bond donors (Lipinski definition) is 0. The maximum Gasteiger partial charge on any atom is 0.231 e. The van der Waals surface area contributed by atoms with E-state index in [9.17, 15) is 9.59 Å². The average molecular weight is 386 g/mol. The van der Waals surface area contributed by atoms with Crippen molar-refractivity contribution in [1.29, 1.82) is 0 Å². The van der Waals surface area contributed by atoms with Crippen molar-refractivity contribution in [2.75, 3.05) is 19.9 Å². The topological polar surface area (TPSA) is 55.8 Å². The summed E-state index contributed by atoms with van der Waals surface area (Å²) in [5.41, 5.74) is 1.63. The first-order valence-corrected chi connectivity index (χ1v) is 9.44. The minimum Gasteiger partial charge on any atom is -0.454 e. The molecule has 6 heteroatoms. The monoisotopic (exact) mass is 385 g/mol. The van der Waals surface area contributed by atoms with Crippen molar-refractivity contribution in [2.24, 2.45) is 0 Å². The summed E-state index contributed by atoms with van der Waals surface area (Å²) in [6.45, 7) is 1.63. The Kier molecular flexibility index (Phi) is 5.03. The Morgan fingerprint density at radius 1 is 1.07 bits per heavy atom. The Bertz CT molecular complexity index is 882. The molecule has 0 radical (unpaired) electrons. The molecule has 27 heavy (non-hydrogen) atoms. The molecule has 1 atom stereocenters. The molecule has 0 bridgehead atoms. The molecule has 2 heterocycles. The van der Waals surface area contributed by atoms with Crippen LogP contribution in [0.15, 0.2) is 42.5 Å². The van der Waals surface area contributed by atoms with Gasteiger partial charge in [0.2, 0.25) is 12.7 Å². The standard InChI is InChI=1S/C21H20ClNO4/c22-17-4-2-1-3-16(17)18(24)6-8-21(25)23-10-9-15(12-23)14-5-7-19-20(11-14)27-13-26-19/h1-5,7,11,15H,6,8-10,12-13H2. The molecule has 0 saturated carbocycles. The number of benzene rings is 2. The van der Waals surface area contributed by atoms with E-state index in [0.717, 1.165) is 23.5 Å². The molecule has 1 fully saturated rings. The van der Waals surface area contributed by atoms with Crippen molar-refractivity contribution in [1.82, 2.24) is 4.90 Å². The smallest absolute Gasteiger partial charge is 0.231 e. The zero-order valence-electron chi connectivity index (χ0n) is 14.8. The van der Waals surface area contributed by atoms with E-state index in [1.54, 1.807) is 24.3 Å². The van der Waals surface area contributed by atoms with Gasteiger partial charge < -0.3 is 14.4 Å². The Labute approximate surface area is 162 Å². The number of Topliss-reactive ketones (excluding diaryl/α,β-unsaturated/α-hetero) is 1. The fraction of sp³-hybridized carbons (Fsp3) is 0.333. The van der Waals surface area contributed by atoms with Crippen molar-refractivity contribution in [2.45, 2.75) is 25.2 Å². The van der Waals surface area contributed by atoms with E-state index >= 15 is 0 Å². The van der Waals surface area contributed by atoms with Gasteiger partial charge in [-0.3, -0.25) is 9.59 Å². The van der Waals surface area contributed by atoms with Gasteiger partial charge in [-0.1, -0.05) is 29.8 Å². The second-order valence-corrected chi connectivity index (χ2v) is 7.25. The molecule has 0 aromatic heterocycles. The normalized spacial score (nSPS) is 18.0. The lowest BCUT2D eigenvalue weighted by Crippen LogP contribution is -2.28. The van der Waals surface area contributed by atoms with E-state index in [4.69, 9.17) is 21.1 Å². The van der Waals surface area contributed by atoms with Gasteiger partial charge in [-0.15, -0.1) is 0 Å². The quantitative estimate of drug-likeness (QED) is 0.729. The molecule has 2 aromatic rings.